The lowest BCUT2D eigenvalue weighted by Crippen LogP contribution is -2.25. The van der Waals surface area contributed by atoms with Crippen molar-refractivity contribution in [2.24, 2.45) is 11.8 Å². The molecule has 2 aliphatic rings. The Morgan fingerprint density at radius 3 is 2.96 bits per heavy atom. The van der Waals surface area contributed by atoms with E-state index in [2.05, 4.69) is 23.2 Å². The molecule has 0 radical (unpaired) electrons. The number of fused-ring (bicyclic) bond motifs is 2. The van der Waals surface area contributed by atoms with Gasteiger partial charge in [-0.2, -0.15) is 0 Å². The van der Waals surface area contributed by atoms with E-state index in [-0.39, 0.29) is 12.5 Å². The fourth-order valence-electron chi connectivity index (χ4n) is 4.02. The summed E-state index contributed by atoms with van der Waals surface area (Å²) in [6, 6.07) is 3.70. The van der Waals surface area contributed by atoms with E-state index in [0.717, 1.165) is 31.2 Å². The second kappa shape index (κ2) is 9.10. The minimum Gasteiger partial charge on any atom is -0.481 e. The van der Waals surface area contributed by atoms with Gasteiger partial charge in [-0.05, 0) is 44.1 Å². The summed E-state index contributed by atoms with van der Waals surface area (Å²) in [5, 5.41) is 19.0. The first kappa shape index (κ1) is 18.8. The molecule has 2 N–H and O–H groups in total. The normalized spacial score (nSPS) is 29.0. The number of aromatic nitrogens is 1. The SMILES string of the molecule is O=C(O)CCC/C=C\C[C@H]1[C@H](/C=C/C(O)c2cccnc2)[C@@H]2CC[C@H]1O2. The Morgan fingerprint density at radius 1 is 1.35 bits per heavy atom. The van der Waals surface area contributed by atoms with E-state index in [1.165, 1.54) is 0 Å². The second-order valence-electron chi connectivity index (χ2n) is 7.14. The Bertz CT molecular complexity index is 643. The number of rotatable bonds is 9. The standard InChI is InChI=1S/C21H27NO4/c23-18(15-6-5-13-22-14-15)10-9-17-16(19-11-12-20(17)26-19)7-3-1-2-4-8-21(24)25/h1,3,5-6,9-10,13-14,16-20,23H,2,4,7-8,11-12H2,(H,24,25)/b3-1-,10-9+/t16-,17-,18?,19+,20-/m0/s1. The van der Waals surface area contributed by atoms with E-state index in [1.807, 2.05) is 18.2 Å². The molecule has 2 fully saturated rings. The largest absolute Gasteiger partial charge is 0.481 e. The summed E-state index contributed by atoms with van der Waals surface area (Å²) in [5.74, 6) is 0.0165. The molecule has 0 spiro atoms. The van der Waals surface area contributed by atoms with Crippen LogP contribution in [0.3, 0.4) is 0 Å². The van der Waals surface area contributed by atoms with Crippen LogP contribution in [0.25, 0.3) is 0 Å². The number of hydrogen-bond acceptors (Lipinski definition) is 4. The zero-order chi connectivity index (χ0) is 18.4. The Hall–Kier alpha value is -1.98. The van der Waals surface area contributed by atoms with Gasteiger partial charge in [0, 0.05) is 30.3 Å². The van der Waals surface area contributed by atoms with E-state index in [0.29, 0.717) is 24.4 Å². The molecule has 5 heteroatoms. The van der Waals surface area contributed by atoms with Crippen LogP contribution in [0.5, 0.6) is 0 Å². The van der Waals surface area contributed by atoms with Crippen molar-refractivity contribution in [3.63, 3.8) is 0 Å². The Balaban J connectivity index is 1.54. The lowest BCUT2D eigenvalue weighted by molar-refractivity contribution is -0.137. The second-order valence-corrected chi connectivity index (χ2v) is 7.14. The molecule has 26 heavy (non-hydrogen) atoms. The van der Waals surface area contributed by atoms with Crippen LogP contribution >= 0.6 is 0 Å². The van der Waals surface area contributed by atoms with Crippen molar-refractivity contribution in [3.05, 3.63) is 54.4 Å². The van der Waals surface area contributed by atoms with E-state index in [1.54, 1.807) is 12.4 Å². The monoisotopic (exact) mass is 357 g/mol. The molecule has 5 atom stereocenters. The quantitative estimate of drug-likeness (QED) is 0.521. The third kappa shape index (κ3) is 4.80. The molecule has 1 aromatic heterocycles. The smallest absolute Gasteiger partial charge is 0.303 e. The summed E-state index contributed by atoms with van der Waals surface area (Å²) >= 11 is 0. The fraction of sp³-hybridized carbons (Fsp3) is 0.524. The minimum atomic E-state index is -0.739. The average molecular weight is 357 g/mol. The van der Waals surface area contributed by atoms with Crippen LogP contribution in [0, 0.1) is 11.8 Å². The predicted octanol–water partition coefficient (Wildman–Crippen LogP) is 3.67. The molecular formula is C21H27NO4. The fourth-order valence-corrected chi connectivity index (χ4v) is 4.02. The first-order chi connectivity index (χ1) is 12.6. The van der Waals surface area contributed by atoms with Crippen molar-refractivity contribution in [1.82, 2.24) is 4.98 Å². The third-order valence-corrected chi connectivity index (χ3v) is 5.36. The van der Waals surface area contributed by atoms with Gasteiger partial charge in [0.15, 0.2) is 0 Å². The van der Waals surface area contributed by atoms with Crippen LogP contribution in [0.2, 0.25) is 0 Å². The lowest BCUT2D eigenvalue weighted by Gasteiger charge is -2.25. The van der Waals surface area contributed by atoms with E-state index < -0.39 is 12.1 Å². The van der Waals surface area contributed by atoms with Crippen molar-refractivity contribution in [3.8, 4) is 0 Å². The number of pyridine rings is 1. The number of carboxylic acids is 1. The number of unbranched alkanes of at least 4 members (excludes halogenated alkanes) is 1. The molecule has 3 rings (SSSR count). The number of carbonyl (C=O) groups is 1. The average Bonchev–Trinajstić information content (AvgIpc) is 3.24. The molecular weight excluding hydrogens is 330 g/mol. The van der Waals surface area contributed by atoms with Crippen LogP contribution in [-0.2, 0) is 9.53 Å². The van der Waals surface area contributed by atoms with Crippen molar-refractivity contribution in [1.29, 1.82) is 0 Å². The summed E-state index contributed by atoms with van der Waals surface area (Å²) in [5.41, 5.74) is 0.794. The number of aliphatic hydroxyl groups excluding tert-OH is 1. The number of carboxylic acid groups (broad SMARTS) is 1. The Labute approximate surface area is 154 Å². The van der Waals surface area contributed by atoms with Crippen molar-refractivity contribution in [2.75, 3.05) is 0 Å². The minimum absolute atomic E-state index is 0.221. The van der Waals surface area contributed by atoms with Crippen LogP contribution in [0.15, 0.2) is 48.8 Å². The van der Waals surface area contributed by atoms with Crippen molar-refractivity contribution in [2.45, 2.75) is 56.8 Å². The van der Waals surface area contributed by atoms with E-state index in [9.17, 15) is 9.90 Å². The molecule has 2 aliphatic heterocycles. The highest BCUT2D eigenvalue weighted by molar-refractivity contribution is 5.66. The highest BCUT2D eigenvalue weighted by Crippen LogP contribution is 2.46. The number of aliphatic hydroxyl groups is 1. The summed E-state index contributed by atoms with van der Waals surface area (Å²) < 4.78 is 6.09. The molecule has 1 unspecified atom stereocenters. The van der Waals surface area contributed by atoms with Gasteiger partial charge in [0.2, 0.25) is 0 Å². The predicted molar refractivity (Wildman–Crippen MR) is 98.5 cm³/mol. The lowest BCUT2D eigenvalue weighted by atomic mass is 9.77. The van der Waals surface area contributed by atoms with Gasteiger partial charge in [-0.1, -0.05) is 30.4 Å². The summed E-state index contributed by atoms with van der Waals surface area (Å²) in [7, 11) is 0. The van der Waals surface area contributed by atoms with Gasteiger partial charge in [0.05, 0.1) is 18.3 Å². The molecule has 0 saturated carbocycles. The van der Waals surface area contributed by atoms with E-state index in [4.69, 9.17) is 9.84 Å². The van der Waals surface area contributed by atoms with Gasteiger partial charge >= 0.3 is 5.97 Å². The van der Waals surface area contributed by atoms with Gasteiger partial charge in [-0.25, -0.2) is 0 Å². The topological polar surface area (TPSA) is 79.7 Å². The maximum absolute atomic E-state index is 10.5. The highest BCUT2D eigenvalue weighted by atomic mass is 16.5. The van der Waals surface area contributed by atoms with Crippen LogP contribution < -0.4 is 0 Å². The number of aliphatic carboxylic acids is 1. The number of hydrogen-bond donors (Lipinski definition) is 2. The maximum Gasteiger partial charge on any atom is 0.303 e. The number of allylic oxidation sites excluding steroid dienone is 2. The van der Waals surface area contributed by atoms with Crippen LogP contribution in [0.1, 0.15) is 50.2 Å². The number of nitrogens with zero attached hydrogens (tertiary/aromatic N) is 1. The first-order valence-corrected chi connectivity index (χ1v) is 9.43. The van der Waals surface area contributed by atoms with Crippen molar-refractivity contribution >= 4 is 5.97 Å². The summed E-state index contributed by atoms with van der Waals surface area (Å²) in [6.07, 6.45) is 16.3. The van der Waals surface area contributed by atoms with Crippen molar-refractivity contribution < 1.29 is 19.7 Å². The molecule has 0 amide bonds. The molecule has 0 aliphatic carbocycles. The van der Waals surface area contributed by atoms with Gasteiger partial charge in [0.1, 0.15) is 0 Å². The highest BCUT2D eigenvalue weighted by Gasteiger charge is 2.46. The Morgan fingerprint density at radius 2 is 2.19 bits per heavy atom. The van der Waals surface area contributed by atoms with Crippen LogP contribution in [0.4, 0.5) is 0 Å². The molecule has 0 aromatic carbocycles. The number of ether oxygens (including phenoxy) is 1. The zero-order valence-corrected chi connectivity index (χ0v) is 14.9. The molecule has 2 saturated heterocycles. The maximum atomic E-state index is 10.5. The first-order valence-electron chi connectivity index (χ1n) is 9.43. The summed E-state index contributed by atoms with van der Waals surface area (Å²) in [6.45, 7) is 0. The van der Waals surface area contributed by atoms with Crippen LogP contribution in [-0.4, -0.2) is 33.4 Å². The van der Waals surface area contributed by atoms with Gasteiger partial charge in [-0.3, -0.25) is 9.78 Å². The Kier molecular flexibility index (Phi) is 6.58. The molecule has 3 heterocycles. The molecule has 2 bridgehead atoms. The molecule has 5 nitrogen and oxygen atoms in total. The zero-order valence-electron chi connectivity index (χ0n) is 14.9. The molecule has 140 valence electrons. The third-order valence-electron chi connectivity index (χ3n) is 5.36. The molecule has 1 aromatic rings. The van der Waals surface area contributed by atoms with Gasteiger partial charge < -0.3 is 14.9 Å². The van der Waals surface area contributed by atoms with E-state index >= 15 is 0 Å². The van der Waals surface area contributed by atoms with Gasteiger partial charge in [0.25, 0.3) is 0 Å². The van der Waals surface area contributed by atoms with Gasteiger partial charge in [-0.15, -0.1) is 0 Å². The summed E-state index contributed by atoms with van der Waals surface area (Å²) in [4.78, 5) is 14.6.